The minimum atomic E-state index is -0.526. The van der Waals surface area contributed by atoms with Gasteiger partial charge in [-0.3, -0.25) is 9.59 Å². The zero-order valence-electron chi connectivity index (χ0n) is 12.1. The highest BCUT2D eigenvalue weighted by Gasteiger charge is 2.29. The summed E-state index contributed by atoms with van der Waals surface area (Å²) in [5.74, 6) is 0.426. The Bertz CT molecular complexity index is 759. The summed E-state index contributed by atoms with van der Waals surface area (Å²) in [7, 11) is 0. The van der Waals surface area contributed by atoms with Gasteiger partial charge in [-0.25, -0.2) is 4.39 Å². The first-order valence-corrected chi connectivity index (χ1v) is 7.86. The molecular weight excluding hydrogens is 307 g/mol. The summed E-state index contributed by atoms with van der Waals surface area (Å²) in [4.78, 5) is 23.2. The van der Waals surface area contributed by atoms with Crippen LogP contribution in [0.2, 0.25) is 0 Å². The Balaban J connectivity index is 1.80. The molecule has 1 aliphatic heterocycles. The van der Waals surface area contributed by atoms with Gasteiger partial charge in [0.1, 0.15) is 23.2 Å². The van der Waals surface area contributed by atoms with Crippen LogP contribution in [0.25, 0.3) is 11.0 Å². The Morgan fingerprint density at radius 1 is 1.55 bits per heavy atom. The molecule has 2 amide bonds. The highest BCUT2D eigenvalue weighted by molar-refractivity contribution is 8.14. The van der Waals surface area contributed by atoms with Crippen LogP contribution in [-0.4, -0.2) is 22.9 Å². The standard InChI is InChI=1S/C15H15FN2O3S/c1-7-10-5-9(16)3-4-12(10)21-13(7)8(2)17-14(19)11-6-22-15(20)18-11/h3-5,8,11H,6H2,1-2H3,(H,17,19)(H,18,20)/t8-,11-/m0/s1. The molecule has 1 aliphatic rings. The summed E-state index contributed by atoms with van der Waals surface area (Å²) in [5.41, 5.74) is 1.38. The molecule has 2 heterocycles. The van der Waals surface area contributed by atoms with Gasteiger partial charge >= 0.3 is 0 Å². The van der Waals surface area contributed by atoms with E-state index in [9.17, 15) is 14.0 Å². The summed E-state index contributed by atoms with van der Waals surface area (Å²) in [6, 6.07) is 3.43. The molecule has 0 aliphatic carbocycles. The number of furan rings is 1. The number of fused-ring (bicyclic) bond motifs is 1. The second kappa shape index (κ2) is 5.64. The molecule has 1 aromatic carbocycles. The minimum Gasteiger partial charge on any atom is -0.459 e. The third-order valence-electron chi connectivity index (χ3n) is 3.68. The molecule has 1 fully saturated rings. The first kappa shape index (κ1) is 14.9. The average Bonchev–Trinajstić information content (AvgIpc) is 3.04. The normalized spacial score (nSPS) is 19.2. The number of benzene rings is 1. The van der Waals surface area contributed by atoms with Crippen LogP contribution in [0.4, 0.5) is 9.18 Å². The highest BCUT2D eigenvalue weighted by Crippen LogP contribution is 2.30. The van der Waals surface area contributed by atoms with Crippen LogP contribution >= 0.6 is 11.8 Å². The molecule has 0 saturated carbocycles. The molecule has 7 heteroatoms. The lowest BCUT2D eigenvalue weighted by molar-refractivity contribution is -0.123. The lowest BCUT2D eigenvalue weighted by atomic mass is 10.1. The number of halogens is 1. The van der Waals surface area contributed by atoms with Crippen LogP contribution in [0.1, 0.15) is 24.3 Å². The predicted molar refractivity (Wildman–Crippen MR) is 82.2 cm³/mol. The van der Waals surface area contributed by atoms with E-state index < -0.39 is 6.04 Å². The number of hydrogen-bond donors (Lipinski definition) is 2. The number of hydrogen-bond acceptors (Lipinski definition) is 4. The highest BCUT2D eigenvalue weighted by atomic mass is 32.2. The SMILES string of the molecule is Cc1c([C@H](C)NC(=O)[C@@H]2CSC(=O)N2)oc2ccc(F)cc12. The van der Waals surface area contributed by atoms with E-state index in [1.54, 1.807) is 13.0 Å². The summed E-state index contributed by atoms with van der Waals surface area (Å²) in [5, 5.41) is 5.92. The fraction of sp³-hybridized carbons (Fsp3) is 0.333. The maximum absolute atomic E-state index is 13.3. The number of amides is 2. The van der Waals surface area contributed by atoms with E-state index in [2.05, 4.69) is 10.6 Å². The first-order chi connectivity index (χ1) is 10.5. The Labute approximate surface area is 130 Å². The van der Waals surface area contributed by atoms with Crippen molar-refractivity contribution in [3.8, 4) is 0 Å². The van der Waals surface area contributed by atoms with E-state index in [0.717, 1.165) is 17.3 Å². The van der Waals surface area contributed by atoms with E-state index in [-0.39, 0.29) is 23.0 Å². The molecule has 5 nitrogen and oxygen atoms in total. The van der Waals surface area contributed by atoms with Gasteiger partial charge in [0.05, 0.1) is 6.04 Å². The van der Waals surface area contributed by atoms with Crippen LogP contribution in [-0.2, 0) is 4.79 Å². The van der Waals surface area contributed by atoms with E-state index in [0.29, 0.717) is 22.5 Å². The van der Waals surface area contributed by atoms with Gasteiger partial charge in [-0.2, -0.15) is 0 Å². The maximum atomic E-state index is 13.3. The van der Waals surface area contributed by atoms with Gasteiger partial charge in [0.25, 0.3) is 5.24 Å². The molecule has 1 saturated heterocycles. The van der Waals surface area contributed by atoms with Crippen LogP contribution in [0.3, 0.4) is 0 Å². The molecule has 22 heavy (non-hydrogen) atoms. The van der Waals surface area contributed by atoms with Crippen molar-refractivity contribution in [1.29, 1.82) is 0 Å². The predicted octanol–water partition coefficient (Wildman–Crippen LogP) is 2.88. The second-order valence-corrected chi connectivity index (χ2v) is 6.25. The zero-order valence-corrected chi connectivity index (χ0v) is 12.9. The molecule has 0 spiro atoms. The Morgan fingerprint density at radius 3 is 3.00 bits per heavy atom. The average molecular weight is 322 g/mol. The monoisotopic (exact) mass is 322 g/mol. The number of carbonyl (C=O) groups excluding carboxylic acids is 2. The van der Waals surface area contributed by atoms with E-state index in [4.69, 9.17) is 4.42 Å². The molecule has 2 aromatic rings. The third kappa shape index (κ3) is 2.68. The fourth-order valence-corrected chi connectivity index (χ4v) is 3.31. The first-order valence-electron chi connectivity index (χ1n) is 6.88. The van der Waals surface area contributed by atoms with Gasteiger partial charge in [0.15, 0.2) is 0 Å². The van der Waals surface area contributed by atoms with Crippen molar-refractivity contribution in [3.63, 3.8) is 0 Å². The molecule has 0 bridgehead atoms. The molecule has 0 unspecified atom stereocenters. The zero-order chi connectivity index (χ0) is 15.9. The van der Waals surface area contributed by atoms with Crippen molar-refractivity contribution in [1.82, 2.24) is 10.6 Å². The Kier molecular flexibility index (Phi) is 3.82. The van der Waals surface area contributed by atoms with Crippen molar-refractivity contribution >= 4 is 33.9 Å². The Morgan fingerprint density at radius 2 is 2.32 bits per heavy atom. The van der Waals surface area contributed by atoms with Gasteiger partial charge in [-0.1, -0.05) is 11.8 Å². The molecule has 1 aromatic heterocycles. The minimum absolute atomic E-state index is 0.191. The largest absolute Gasteiger partial charge is 0.459 e. The molecule has 3 rings (SSSR count). The number of aryl methyl sites for hydroxylation is 1. The van der Waals surface area contributed by atoms with Crippen molar-refractivity contribution < 1.29 is 18.4 Å². The number of thioether (sulfide) groups is 1. The van der Waals surface area contributed by atoms with E-state index in [1.807, 2.05) is 6.92 Å². The van der Waals surface area contributed by atoms with Crippen molar-refractivity contribution in [3.05, 3.63) is 35.3 Å². The molecule has 0 radical (unpaired) electrons. The van der Waals surface area contributed by atoms with Crippen molar-refractivity contribution in [2.24, 2.45) is 0 Å². The van der Waals surface area contributed by atoms with Crippen LogP contribution < -0.4 is 10.6 Å². The van der Waals surface area contributed by atoms with Crippen LogP contribution in [0.5, 0.6) is 0 Å². The molecule has 2 atom stereocenters. The summed E-state index contributed by atoms with van der Waals surface area (Å²) in [6.07, 6.45) is 0. The van der Waals surface area contributed by atoms with Gasteiger partial charge in [0, 0.05) is 16.7 Å². The van der Waals surface area contributed by atoms with Crippen LogP contribution in [0, 0.1) is 12.7 Å². The molecular formula is C15H15FN2O3S. The quantitative estimate of drug-likeness (QED) is 0.911. The van der Waals surface area contributed by atoms with E-state index in [1.165, 1.54) is 12.1 Å². The van der Waals surface area contributed by atoms with Gasteiger partial charge in [-0.05, 0) is 32.0 Å². The number of rotatable bonds is 3. The van der Waals surface area contributed by atoms with Gasteiger partial charge in [-0.15, -0.1) is 0 Å². The van der Waals surface area contributed by atoms with Crippen LogP contribution in [0.15, 0.2) is 22.6 Å². The topological polar surface area (TPSA) is 71.3 Å². The van der Waals surface area contributed by atoms with Gasteiger partial charge in [0.2, 0.25) is 5.91 Å². The summed E-state index contributed by atoms with van der Waals surface area (Å²) in [6.45, 7) is 3.62. The summed E-state index contributed by atoms with van der Waals surface area (Å²) < 4.78 is 19.1. The lowest BCUT2D eigenvalue weighted by Gasteiger charge is -2.15. The smallest absolute Gasteiger partial charge is 0.279 e. The van der Waals surface area contributed by atoms with Crippen molar-refractivity contribution in [2.45, 2.75) is 25.9 Å². The maximum Gasteiger partial charge on any atom is 0.279 e. The third-order valence-corrected chi connectivity index (χ3v) is 4.56. The molecule has 2 N–H and O–H groups in total. The Hall–Kier alpha value is -2.02. The summed E-state index contributed by atoms with van der Waals surface area (Å²) >= 11 is 1.09. The lowest BCUT2D eigenvalue weighted by Crippen LogP contribution is -2.43. The van der Waals surface area contributed by atoms with Crippen molar-refractivity contribution in [2.75, 3.05) is 5.75 Å². The van der Waals surface area contributed by atoms with E-state index >= 15 is 0 Å². The number of nitrogens with one attached hydrogen (secondary N) is 2. The second-order valence-electron chi connectivity index (χ2n) is 5.26. The fourth-order valence-electron chi connectivity index (χ4n) is 2.53. The van der Waals surface area contributed by atoms with Gasteiger partial charge < -0.3 is 15.1 Å². The number of carbonyl (C=O) groups is 2. The molecule has 116 valence electrons.